The molecule has 0 aromatic heterocycles. The van der Waals surface area contributed by atoms with Crippen molar-refractivity contribution in [2.75, 3.05) is 6.26 Å². The molecular weight excluding hydrogens is 146 g/mol. The van der Waals surface area contributed by atoms with Gasteiger partial charge in [0, 0.05) is 5.25 Å². The lowest BCUT2D eigenvalue weighted by molar-refractivity contribution is 0.556. The fraction of sp³-hybridized carbons (Fsp3) is 0.857. The van der Waals surface area contributed by atoms with Crippen LogP contribution >= 0.6 is 11.8 Å². The van der Waals surface area contributed by atoms with Crippen LogP contribution in [0, 0.1) is 0 Å². The van der Waals surface area contributed by atoms with E-state index < -0.39 is 0 Å². The molecule has 0 saturated heterocycles. The topological polar surface area (TPSA) is 29.4 Å². The molecule has 0 aromatic carbocycles. The zero-order valence-electron chi connectivity index (χ0n) is 6.04. The lowest BCUT2D eigenvalue weighted by Crippen LogP contribution is -1.98. The van der Waals surface area contributed by atoms with Crippen LogP contribution in [0.2, 0.25) is 0 Å². The van der Waals surface area contributed by atoms with Gasteiger partial charge in [-0.25, -0.2) is 9.79 Å². The fourth-order valence-corrected chi connectivity index (χ4v) is 2.11. The van der Waals surface area contributed by atoms with Crippen molar-refractivity contribution >= 4 is 17.8 Å². The van der Waals surface area contributed by atoms with Crippen LogP contribution in [0.15, 0.2) is 4.99 Å². The second kappa shape index (κ2) is 3.79. The maximum absolute atomic E-state index is 9.86. The van der Waals surface area contributed by atoms with Gasteiger partial charge in [0.1, 0.15) is 0 Å². The quantitative estimate of drug-likeness (QED) is 0.450. The first-order chi connectivity index (χ1) is 4.86. The van der Waals surface area contributed by atoms with Gasteiger partial charge in [0.2, 0.25) is 6.08 Å². The summed E-state index contributed by atoms with van der Waals surface area (Å²) in [5.74, 6) is 0. The molecule has 3 heteroatoms. The van der Waals surface area contributed by atoms with E-state index in [1.54, 1.807) is 6.08 Å². The highest BCUT2D eigenvalue weighted by Gasteiger charge is 2.22. The summed E-state index contributed by atoms with van der Waals surface area (Å²) in [6.07, 6.45) is 7.07. The minimum Gasteiger partial charge on any atom is -0.211 e. The van der Waals surface area contributed by atoms with Crippen LogP contribution in [0.5, 0.6) is 0 Å². The Morgan fingerprint density at radius 2 is 2.40 bits per heavy atom. The van der Waals surface area contributed by atoms with Gasteiger partial charge in [0.05, 0.1) is 6.04 Å². The molecule has 0 N–H and O–H groups in total. The Bertz CT molecular complexity index is 154. The lowest BCUT2D eigenvalue weighted by atomic mass is 10.3. The van der Waals surface area contributed by atoms with Gasteiger partial charge in [-0.2, -0.15) is 11.8 Å². The minimum atomic E-state index is 0.273. The van der Waals surface area contributed by atoms with E-state index >= 15 is 0 Å². The van der Waals surface area contributed by atoms with E-state index in [9.17, 15) is 4.79 Å². The molecule has 56 valence electrons. The van der Waals surface area contributed by atoms with Crippen molar-refractivity contribution in [2.45, 2.75) is 30.6 Å². The molecule has 0 amide bonds. The van der Waals surface area contributed by atoms with Gasteiger partial charge in [0.15, 0.2) is 0 Å². The van der Waals surface area contributed by atoms with E-state index in [0.717, 1.165) is 18.1 Å². The number of carbonyl (C=O) groups excluding carboxylic acids is 1. The van der Waals surface area contributed by atoms with Crippen LogP contribution in [0.25, 0.3) is 0 Å². The maximum Gasteiger partial charge on any atom is 0.235 e. The van der Waals surface area contributed by atoms with Gasteiger partial charge in [-0.05, 0) is 25.5 Å². The van der Waals surface area contributed by atoms with E-state index in [1.165, 1.54) is 6.42 Å². The number of nitrogens with zero attached hydrogens (tertiary/aromatic N) is 1. The highest BCUT2D eigenvalue weighted by atomic mass is 32.2. The van der Waals surface area contributed by atoms with Crippen molar-refractivity contribution in [1.82, 2.24) is 0 Å². The van der Waals surface area contributed by atoms with Crippen LogP contribution in [0.3, 0.4) is 0 Å². The molecule has 10 heavy (non-hydrogen) atoms. The van der Waals surface area contributed by atoms with Crippen LogP contribution in [-0.2, 0) is 4.79 Å². The Morgan fingerprint density at radius 3 is 2.90 bits per heavy atom. The maximum atomic E-state index is 9.86. The van der Waals surface area contributed by atoms with Gasteiger partial charge in [-0.1, -0.05) is 0 Å². The van der Waals surface area contributed by atoms with Crippen molar-refractivity contribution in [1.29, 1.82) is 0 Å². The smallest absolute Gasteiger partial charge is 0.211 e. The summed E-state index contributed by atoms with van der Waals surface area (Å²) in [7, 11) is 0. The molecule has 1 aliphatic carbocycles. The van der Waals surface area contributed by atoms with E-state index in [2.05, 4.69) is 11.2 Å². The number of thioether (sulfide) groups is 1. The Morgan fingerprint density at radius 1 is 1.60 bits per heavy atom. The van der Waals surface area contributed by atoms with Crippen LogP contribution in [0.4, 0.5) is 0 Å². The average molecular weight is 157 g/mol. The summed E-state index contributed by atoms with van der Waals surface area (Å²) >= 11 is 1.87. The van der Waals surface area contributed by atoms with Gasteiger partial charge in [-0.3, -0.25) is 0 Å². The third-order valence-corrected chi connectivity index (χ3v) is 3.02. The lowest BCUT2D eigenvalue weighted by Gasteiger charge is -2.01. The van der Waals surface area contributed by atoms with Gasteiger partial charge in [0.25, 0.3) is 0 Å². The summed E-state index contributed by atoms with van der Waals surface area (Å²) in [6, 6.07) is 0.273. The summed E-state index contributed by atoms with van der Waals surface area (Å²) < 4.78 is 0. The standard InChI is InChI=1S/C7H11NOS/c1-10-7-3-2-6(4-7)8-5-9/h6-7H,2-4H2,1H3. The van der Waals surface area contributed by atoms with E-state index in [0.29, 0.717) is 0 Å². The SMILES string of the molecule is CSC1CCC(N=C=O)C1. The summed E-state index contributed by atoms with van der Waals surface area (Å²) in [5, 5.41) is 0.724. The number of hydrogen-bond donors (Lipinski definition) is 0. The normalized spacial score (nSPS) is 31.7. The predicted molar refractivity (Wildman–Crippen MR) is 43.1 cm³/mol. The van der Waals surface area contributed by atoms with Gasteiger partial charge >= 0.3 is 0 Å². The highest BCUT2D eigenvalue weighted by molar-refractivity contribution is 7.99. The van der Waals surface area contributed by atoms with E-state index in [-0.39, 0.29) is 6.04 Å². The minimum absolute atomic E-state index is 0.273. The third-order valence-electron chi connectivity index (χ3n) is 1.93. The molecule has 0 radical (unpaired) electrons. The highest BCUT2D eigenvalue weighted by Crippen LogP contribution is 2.29. The molecule has 2 atom stereocenters. The Kier molecular flexibility index (Phi) is 2.97. The Labute approximate surface area is 65.1 Å². The zero-order chi connectivity index (χ0) is 7.40. The Balaban J connectivity index is 2.35. The fourth-order valence-electron chi connectivity index (χ4n) is 1.32. The van der Waals surface area contributed by atoms with Crippen LogP contribution in [-0.4, -0.2) is 23.6 Å². The molecule has 2 unspecified atom stereocenters. The average Bonchev–Trinajstić information content (AvgIpc) is 2.37. The number of rotatable bonds is 2. The third kappa shape index (κ3) is 1.86. The van der Waals surface area contributed by atoms with Crippen molar-refractivity contribution in [3.05, 3.63) is 0 Å². The molecule has 0 heterocycles. The molecule has 1 fully saturated rings. The van der Waals surface area contributed by atoms with Crippen LogP contribution < -0.4 is 0 Å². The molecule has 0 aromatic rings. The molecule has 0 bridgehead atoms. The number of isocyanates is 1. The van der Waals surface area contributed by atoms with E-state index in [4.69, 9.17) is 0 Å². The largest absolute Gasteiger partial charge is 0.235 e. The molecule has 1 rings (SSSR count). The molecule has 1 aliphatic rings. The van der Waals surface area contributed by atoms with Crippen molar-refractivity contribution in [3.8, 4) is 0 Å². The van der Waals surface area contributed by atoms with Crippen LogP contribution in [0.1, 0.15) is 19.3 Å². The first-order valence-electron chi connectivity index (χ1n) is 3.46. The number of aliphatic imine (C=N–C) groups is 1. The molecule has 0 spiro atoms. The van der Waals surface area contributed by atoms with Crippen molar-refractivity contribution in [2.24, 2.45) is 4.99 Å². The molecule has 1 saturated carbocycles. The monoisotopic (exact) mass is 157 g/mol. The van der Waals surface area contributed by atoms with Gasteiger partial charge < -0.3 is 0 Å². The molecular formula is C7H11NOS. The molecule has 2 nitrogen and oxygen atoms in total. The van der Waals surface area contributed by atoms with Crippen molar-refractivity contribution < 1.29 is 4.79 Å². The van der Waals surface area contributed by atoms with Crippen molar-refractivity contribution in [3.63, 3.8) is 0 Å². The zero-order valence-corrected chi connectivity index (χ0v) is 6.86. The summed E-state index contributed by atoms with van der Waals surface area (Å²) in [5.41, 5.74) is 0. The van der Waals surface area contributed by atoms with E-state index in [1.807, 2.05) is 11.8 Å². The predicted octanol–water partition coefficient (Wildman–Crippen LogP) is 1.61. The first kappa shape index (κ1) is 7.83. The number of hydrogen-bond acceptors (Lipinski definition) is 3. The summed E-state index contributed by atoms with van der Waals surface area (Å²) in [4.78, 5) is 13.6. The second-order valence-corrected chi connectivity index (χ2v) is 3.68. The second-order valence-electron chi connectivity index (χ2n) is 2.54. The first-order valence-corrected chi connectivity index (χ1v) is 4.75. The Hall–Kier alpha value is -0.270. The molecule has 0 aliphatic heterocycles. The summed E-state index contributed by atoms with van der Waals surface area (Å²) in [6.45, 7) is 0. The van der Waals surface area contributed by atoms with Gasteiger partial charge in [-0.15, -0.1) is 0 Å².